The number of hydrogen-bond acceptors (Lipinski definition) is 6. The summed E-state index contributed by atoms with van der Waals surface area (Å²) in [6.45, 7) is 2.61. The summed E-state index contributed by atoms with van der Waals surface area (Å²) in [4.78, 5) is 21.1. The molecule has 134 valence electrons. The molecule has 0 radical (unpaired) electrons. The molecule has 26 heavy (non-hydrogen) atoms. The van der Waals surface area contributed by atoms with E-state index in [1.807, 2.05) is 24.3 Å². The molecular formula is C20H21N3O3. The molecule has 1 unspecified atom stereocenters. The number of aromatic nitrogens is 1. The Morgan fingerprint density at radius 3 is 2.73 bits per heavy atom. The predicted octanol–water partition coefficient (Wildman–Crippen LogP) is 3.11. The van der Waals surface area contributed by atoms with Gasteiger partial charge >= 0.3 is 5.97 Å². The van der Waals surface area contributed by atoms with Gasteiger partial charge in [-0.05, 0) is 24.7 Å². The molecule has 0 aliphatic carbocycles. The van der Waals surface area contributed by atoms with Crippen molar-refractivity contribution in [3.63, 3.8) is 0 Å². The van der Waals surface area contributed by atoms with Crippen molar-refractivity contribution in [1.82, 2.24) is 9.88 Å². The molecule has 1 saturated heterocycles. The van der Waals surface area contributed by atoms with Crippen LogP contribution < -0.4 is 4.90 Å². The molecule has 3 aromatic rings. The zero-order chi connectivity index (χ0) is 18.1. The van der Waals surface area contributed by atoms with E-state index in [1.165, 1.54) is 12.7 Å². The van der Waals surface area contributed by atoms with Gasteiger partial charge in [-0.3, -0.25) is 0 Å². The van der Waals surface area contributed by atoms with Crippen LogP contribution in [-0.2, 0) is 4.74 Å². The molecule has 6 heteroatoms. The van der Waals surface area contributed by atoms with Crippen molar-refractivity contribution in [3.8, 4) is 0 Å². The lowest BCUT2D eigenvalue weighted by Crippen LogP contribution is -2.47. The Balaban J connectivity index is 1.76. The number of hydrogen-bond donors (Lipinski definition) is 0. The lowest BCUT2D eigenvalue weighted by atomic mass is 10.0. The Morgan fingerprint density at radius 1 is 1.15 bits per heavy atom. The van der Waals surface area contributed by atoms with Crippen molar-refractivity contribution >= 4 is 23.1 Å². The summed E-state index contributed by atoms with van der Waals surface area (Å²) in [5, 5.41) is 0. The summed E-state index contributed by atoms with van der Waals surface area (Å²) >= 11 is 0. The van der Waals surface area contributed by atoms with E-state index in [4.69, 9.17) is 9.15 Å². The second kappa shape index (κ2) is 6.80. The number of rotatable bonds is 3. The number of fused-ring (bicyclic) bond motifs is 1. The Labute approximate surface area is 152 Å². The average molecular weight is 351 g/mol. The quantitative estimate of drug-likeness (QED) is 0.676. The van der Waals surface area contributed by atoms with Crippen LogP contribution in [-0.4, -0.2) is 49.6 Å². The molecule has 0 spiro atoms. The number of carbonyl (C=O) groups excluding carboxylic acids is 1. The number of esters is 1. The smallest absolute Gasteiger partial charge is 0.340 e. The summed E-state index contributed by atoms with van der Waals surface area (Å²) in [5.41, 5.74) is 2.77. The molecule has 0 saturated carbocycles. The molecule has 4 rings (SSSR count). The van der Waals surface area contributed by atoms with Crippen LogP contribution in [0.25, 0.3) is 11.1 Å². The molecule has 2 aromatic carbocycles. The standard InChI is InChI=1S/C20H21N3O3/c1-22-11-12-23(16(13-22)14-7-4-3-5-8-14)20-21-18-15(19(24)25-2)9-6-10-17(18)26-20/h3-10,16H,11-13H2,1-2H3. The van der Waals surface area contributed by atoms with E-state index in [0.29, 0.717) is 22.7 Å². The number of likely N-dealkylation sites (N-methyl/N-ethyl adjacent to an activating group) is 1. The highest BCUT2D eigenvalue weighted by molar-refractivity contribution is 6.01. The maximum absolute atomic E-state index is 12.0. The topological polar surface area (TPSA) is 58.8 Å². The molecule has 0 bridgehead atoms. The van der Waals surface area contributed by atoms with Crippen LogP contribution in [0.15, 0.2) is 52.9 Å². The zero-order valence-corrected chi connectivity index (χ0v) is 14.9. The van der Waals surface area contributed by atoms with Gasteiger partial charge in [0.2, 0.25) is 0 Å². The Hall–Kier alpha value is -2.86. The van der Waals surface area contributed by atoms with E-state index in [9.17, 15) is 4.79 Å². The minimum absolute atomic E-state index is 0.143. The van der Waals surface area contributed by atoms with Crippen LogP contribution in [0.1, 0.15) is 22.0 Å². The fraction of sp³-hybridized carbons (Fsp3) is 0.300. The molecule has 1 aliphatic rings. The third-order valence-electron chi connectivity index (χ3n) is 4.83. The molecule has 1 aromatic heterocycles. The van der Waals surface area contributed by atoms with Crippen LogP contribution in [0.5, 0.6) is 0 Å². The lowest BCUT2D eigenvalue weighted by Gasteiger charge is -2.39. The normalized spacial score (nSPS) is 18.2. The monoisotopic (exact) mass is 351 g/mol. The number of methoxy groups -OCH3 is 1. The van der Waals surface area contributed by atoms with Crippen LogP contribution in [0.3, 0.4) is 0 Å². The molecule has 1 fully saturated rings. The first-order valence-corrected chi connectivity index (χ1v) is 8.65. The summed E-state index contributed by atoms with van der Waals surface area (Å²) in [6, 6.07) is 16.4. The van der Waals surface area contributed by atoms with Crippen LogP contribution in [0, 0.1) is 0 Å². The van der Waals surface area contributed by atoms with Gasteiger partial charge < -0.3 is 19.0 Å². The van der Waals surface area contributed by atoms with Crippen LogP contribution in [0.4, 0.5) is 6.01 Å². The molecule has 1 aliphatic heterocycles. The number of nitrogens with zero attached hydrogens (tertiary/aromatic N) is 3. The van der Waals surface area contributed by atoms with E-state index in [-0.39, 0.29) is 6.04 Å². The van der Waals surface area contributed by atoms with Crippen molar-refractivity contribution in [1.29, 1.82) is 0 Å². The lowest BCUT2D eigenvalue weighted by molar-refractivity contribution is 0.0602. The molecular weight excluding hydrogens is 330 g/mol. The highest BCUT2D eigenvalue weighted by Gasteiger charge is 2.30. The van der Waals surface area contributed by atoms with Gasteiger partial charge in [-0.1, -0.05) is 36.4 Å². The van der Waals surface area contributed by atoms with Gasteiger partial charge in [-0.25, -0.2) is 4.79 Å². The second-order valence-corrected chi connectivity index (χ2v) is 6.52. The molecule has 0 N–H and O–H groups in total. The maximum Gasteiger partial charge on any atom is 0.340 e. The van der Waals surface area contributed by atoms with Crippen molar-refractivity contribution in [2.45, 2.75) is 6.04 Å². The minimum Gasteiger partial charge on any atom is -0.465 e. The van der Waals surface area contributed by atoms with E-state index >= 15 is 0 Å². The fourth-order valence-electron chi connectivity index (χ4n) is 3.44. The van der Waals surface area contributed by atoms with Crippen molar-refractivity contribution in [3.05, 3.63) is 59.7 Å². The van der Waals surface area contributed by atoms with E-state index in [1.54, 1.807) is 12.1 Å². The number of benzene rings is 2. The number of carbonyl (C=O) groups is 1. The SMILES string of the molecule is COC(=O)c1cccc2oc(N3CCN(C)CC3c3ccccc3)nc12. The van der Waals surface area contributed by atoms with Gasteiger partial charge in [0, 0.05) is 19.6 Å². The van der Waals surface area contributed by atoms with Gasteiger partial charge in [0.15, 0.2) is 5.58 Å². The van der Waals surface area contributed by atoms with Crippen molar-refractivity contribution < 1.29 is 13.9 Å². The Kier molecular flexibility index (Phi) is 4.34. The number of para-hydroxylation sites is 1. The molecule has 6 nitrogen and oxygen atoms in total. The van der Waals surface area contributed by atoms with Gasteiger partial charge in [0.05, 0.1) is 18.7 Å². The first-order valence-electron chi connectivity index (χ1n) is 8.65. The van der Waals surface area contributed by atoms with Gasteiger partial charge in [-0.2, -0.15) is 4.98 Å². The van der Waals surface area contributed by atoms with E-state index < -0.39 is 5.97 Å². The highest BCUT2D eigenvalue weighted by atomic mass is 16.5. The predicted molar refractivity (Wildman–Crippen MR) is 99.4 cm³/mol. The van der Waals surface area contributed by atoms with Gasteiger partial charge in [0.1, 0.15) is 5.52 Å². The van der Waals surface area contributed by atoms with E-state index in [0.717, 1.165) is 19.6 Å². The first kappa shape index (κ1) is 16.6. The highest BCUT2D eigenvalue weighted by Crippen LogP contribution is 2.32. The van der Waals surface area contributed by atoms with Crippen molar-refractivity contribution in [2.75, 3.05) is 38.7 Å². The first-order chi connectivity index (χ1) is 12.7. The third-order valence-corrected chi connectivity index (χ3v) is 4.83. The summed E-state index contributed by atoms with van der Waals surface area (Å²) in [7, 11) is 3.49. The van der Waals surface area contributed by atoms with Gasteiger partial charge in [0.25, 0.3) is 6.01 Å². The Morgan fingerprint density at radius 2 is 1.96 bits per heavy atom. The maximum atomic E-state index is 12.0. The summed E-state index contributed by atoms with van der Waals surface area (Å²) < 4.78 is 10.9. The number of anilines is 1. The van der Waals surface area contributed by atoms with Gasteiger partial charge in [-0.15, -0.1) is 0 Å². The largest absolute Gasteiger partial charge is 0.465 e. The molecule has 0 amide bonds. The average Bonchev–Trinajstić information content (AvgIpc) is 3.12. The summed E-state index contributed by atoms with van der Waals surface area (Å²) in [6.07, 6.45) is 0. The molecule has 2 heterocycles. The molecule has 1 atom stereocenters. The minimum atomic E-state index is -0.409. The van der Waals surface area contributed by atoms with Crippen LogP contribution >= 0.6 is 0 Å². The number of ether oxygens (including phenoxy) is 1. The van der Waals surface area contributed by atoms with Crippen molar-refractivity contribution in [2.24, 2.45) is 0 Å². The van der Waals surface area contributed by atoms with E-state index in [2.05, 4.69) is 34.0 Å². The van der Waals surface area contributed by atoms with Crippen LogP contribution in [0.2, 0.25) is 0 Å². The summed E-state index contributed by atoms with van der Waals surface area (Å²) in [5.74, 6) is -0.409. The third kappa shape index (κ3) is 2.93. The number of oxazole rings is 1. The zero-order valence-electron chi connectivity index (χ0n) is 14.9. The Bertz CT molecular complexity index is 922. The number of piperazine rings is 1. The second-order valence-electron chi connectivity index (χ2n) is 6.52. The fourth-order valence-corrected chi connectivity index (χ4v) is 3.44.